The first-order valence-electron chi connectivity index (χ1n) is 9.13. The molecular formula is C21H21N3O5S. The van der Waals surface area contributed by atoms with Gasteiger partial charge in [-0.3, -0.25) is 9.59 Å². The van der Waals surface area contributed by atoms with Gasteiger partial charge in [0.15, 0.2) is 5.76 Å². The van der Waals surface area contributed by atoms with Crippen LogP contribution in [0, 0.1) is 0 Å². The van der Waals surface area contributed by atoms with E-state index in [4.69, 9.17) is 4.42 Å². The zero-order chi connectivity index (χ0) is 21.7. The summed E-state index contributed by atoms with van der Waals surface area (Å²) in [5.41, 5.74) is 1.38. The molecule has 1 heterocycles. The molecule has 0 saturated heterocycles. The number of furan rings is 1. The van der Waals surface area contributed by atoms with Crippen molar-refractivity contribution >= 4 is 33.2 Å². The van der Waals surface area contributed by atoms with E-state index in [0.717, 1.165) is 0 Å². The maximum Gasteiger partial charge on any atom is 0.291 e. The predicted octanol–water partition coefficient (Wildman–Crippen LogP) is 3.47. The van der Waals surface area contributed by atoms with Crippen LogP contribution in [0.3, 0.4) is 0 Å². The fraction of sp³-hybridized carbons (Fsp3) is 0.143. The second-order valence-corrected chi connectivity index (χ2v) is 8.48. The van der Waals surface area contributed by atoms with Gasteiger partial charge in [0.05, 0.1) is 11.2 Å². The first kappa shape index (κ1) is 21.3. The maximum atomic E-state index is 12.4. The molecule has 3 rings (SSSR count). The maximum absolute atomic E-state index is 12.4. The molecule has 0 aliphatic rings. The summed E-state index contributed by atoms with van der Waals surface area (Å²) in [5.74, 6) is -0.566. The summed E-state index contributed by atoms with van der Waals surface area (Å²) >= 11 is 0. The molecule has 3 aromatic rings. The van der Waals surface area contributed by atoms with Crippen LogP contribution in [0.25, 0.3) is 0 Å². The van der Waals surface area contributed by atoms with E-state index in [2.05, 4.69) is 15.4 Å². The highest BCUT2D eigenvalue weighted by molar-refractivity contribution is 7.89. The van der Waals surface area contributed by atoms with E-state index < -0.39 is 10.0 Å². The molecule has 3 N–H and O–H groups in total. The molecule has 0 spiro atoms. The Hall–Kier alpha value is -3.43. The summed E-state index contributed by atoms with van der Waals surface area (Å²) in [5, 5.41) is 5.40. The van der Waals surface area contributed by atoms with Gasteiger partial charge in [-0.05, 0) is 74.5 Å². The van der Waals surface area contributed by atoms with Gasteiger partial charge in [-0.2, -0.15) is 0 Å². The van der Waals surface area contributed by atoms with Crippen molar-refractivity contribution in [3.05, 3.63) is 78.3 Å². The lowest BCUT2D eigenvalue weighted by Crippen LogP contribution is -2.30. The van der Waals surface area contributed by atoms with Crippen LogP contribution in [0.5, 0.6) is 0 Å². The monoisotopic (exact) mass is 427 g/mol. The van der Waals surface area contributed by atoms with E-state index in [-0.39, 0.29) is 28.5 Å². The number of rotatable bonds is 7. The Kier molecular flexibility index (Phi) is 6.34. The largest absolute Gasteiger partial charge is 0.459 e. The smallest absolute Gasteiger partial charge is 0.291 e. The Morgan fingerprint density at radius 3 is 1.90 bits per heavy atom. The van der Waals surface area contributed by atoms with Gasteiger partial charge in [0.2, 0.25) is 10.0 Å². The van der Waals surface area contributed by atoms with Crippen LogP contribution in [-0.2, 0) is 10.0 Å². The third kappa shape index (κ3) is 5.34. The lowest BCUT2D eigenvalue weighted by atomic mass is 10.2. The highest BCUT2D eigenvalue weighted by atomic mass is 32.2. The van der Waals surface area contributed by atoms with Gasteiger partial charge in [-0.25, -0.2) is 13.1 Å². The molecule has 0 aliphatic carbocycles. The van der Waals surface area contributed by atoms with E-state index in [1.54, 1.807) is 50.2 Å². The summed E-state index contributed by atoms with van der Waals surface area (Å²) in [6.45, 7) is 3.46. The highest BCUT2D eigenvalue weighted by Gasteiger charge is 2.16. The molecule has 0 unspecified atom stereocenters. The van der Waals surface area contributed by atoms with Crippen molar-refractivity contribution in [2.75, 3.05) is 10.6 Å². The van der Waals surface area contributed by atoms with Gasteiger partial charge in [-0.15, -0.1) is 0 Å². The molecule has 0 radical (unpaired) electrons. The average molecular weight is 427 g/mol. The molecule has 30 heavy (non-hydrogen) atoms. The predicted molar refractivity (Wildman–Crippen MR) is 113 cm³/mol. The minimum Gasteiger partial charge on any atom is -0.459 e. The van der Waals surface area contributed by atoms with E-state index in [1.165, 1.54) is 30.5 Å². The van der Waals surface area contributed by atoms with Gasteiger partial charge in [0.25, 0.3) is 11.8 Å². The molecule has 0 atom stereocenters. The fourth-order valence-corrected chi connectivity index (χ4v) is 3.86. The topological polar surface area (TPSA) is 118 Å². The van der Waals surface area contributed by atoms with Crippen LogP contribution in [-0.4, -0.2) is 26.3 Å². The van der Waals surface area contributed by atoms with Crippen molar-refractivity contribution in [1.82, 2.24) is 4.72 Å². The number of anilines is 2. The lowest BCUT2D eigenvalue weighted by molar-refractivity contribution is 0.0994. The Morgan fingerprint density at radius 2 is 1.40 bits per heavy atom. The van der Waals surface area contributed by atoms with Crippen LogP contribution in [0.15, 0.2) is 76.2 Å². The van der Waals surface area contributed by atoms with Crippen molar-refractivity contribution in [3.8, 4) is 0 Å². The molecule has 156 valence electrons. The third-order valence-electron chi connectivity index (χ3n) is 3.96. The number of benzene rings is 2. The first-order chi connectivity index (χ1) is 14.2. The number of amides is 2. The summed E-state index contributed by atoms with van der Waals surface area (Å²) in [4.78, 5) is 24.5. The van der Waals surface area contributed by atoms with Crippen molar-refractivity contribution in [3.63, 3.8) is 0 Å². The van der Waals surface area contributed by atoms with Crippen molar-refractivity contribution in [1.29, 1.82) is 0 Å². The number of carbonyl (C=O) groups excluding carboxylic acids is 2. The molecule has 0 saturated carbocycles. The molecule has 0 fully saturated rings. The van der Waals surface area contributed by atoms with Crippen LogP contribution in [0.2, 0.25) is 0 Å². The Balaban J connectivity index is 1.62. The Morgan fingerprint density at radius 1 is 0.833 bits per heavy atom. The van der Waals surface area contributed by atoms with Crippen molar-refractivity contribution < 1.29 is 22.4 Å². The number of hydrogen-bond donors (Lipinski definition) is 3. The minimum atomic E-state index is -3.61. The number of sulfonamides is 1. The standard InChI is InChI=1S/C21H21N3O5S/c1-14(2)24-30(27,28)18-11-5-15(6-12-18)20(25)22-16-7-9-17(10-8-16)23-21(26)19-4-3-13-29-19/h3-14,24H,1-2H3,(H,22,25)(H,23,26). The first-order valence-corrected chi connectivity index (χ1v) is 10.6. The summed E-state index contributed by atoms with van der Waals surface area (Å²) in [7, 11) is -3.61. The van der Waals surface area contributed by atoms with E-state index >= 15 is 0 Å². The summed E-state index contributed by atoms with van der Waals surface area (Å²) < 4.78 is 31.8. The van der Waals surface area contributed by atoms with Crippen LogP contribution in [0.4, 0.5) is 11.4 Å². The normalized spacial score (nSPS) is 11.3. The molecule has 2 amide bonds. The van der Waals surface area contributed by atoms with E-state index in [1.807, 2.05) is 0 Å². The third-order valence-corrected chi connectivity index (χ3v) is 5.64. The molecule has 0 bridgehead atoms. The van der Waals surface area contributed by atoms with Crippen LogP contribution < -0.4 is 15.4 Å². The van der Waals surface area contributed by atoms with E-state index in [9.17, 15) is 18.0 Å². The van der Waals surface area contributed by atoms with Crippen molar-refractivity contribution in [2.45, 2.75) is 24.8 Å². The Labute approximate surface area is 174 Å². The molecular weight excluding hydrogens is 406 g/mol. The molecule has 1 aromatic heterocycles. The van der Waals surface area contributed by atoms with Gasteiger partial charge in [0, 0.05) is 23.0 Å². The average Bonchev–Trinajstić information content (AvgIpc) is 3.23. The molecule has 8 nitrogen and oxygen atoms in total. The zero-order valence-corrected chi connectivity index (χ0v) is 17.2. The van der Waals surface area contributed by atoms with Crippen molar-refractivity contribution in [2.24, 2.45) is 0 Å². The number of nitrogens with one attached hydrogen (secondary N) is 3. The number of hydrogen-bond acceptors (Lipinski definition) is 5. The van der Waals surface area contributed by atoms with E-state index in [0.29, 0.717) is 16.9 Å². The number of carbonyl (C=O) groups is 2. The zero-order valence-electron chi connectivity index (χ0n) is 16.4. The quantitative estimate of drug-likeness (QED) is 0.534. The molecule has 9 heteroatoms. The van der Waals surface area contributed by atoms with Crippen LogP contribution in [0.1, 0.15) is 34.8 Å². The minimum absolute atomic E-state index is 0.0874. The second-order valence-electron chi connectivity index (χ2n) is 6.76. The Bertz CT molecular complexity index is 1120. The van der Waals surface area contributed by atoms with Gasteiger partial charge < -0.3 is 15.1 Å². The van der Waals surface area contributed by atoms with Gasteiger partial charge >= 0.3 is 0 Å². The van der Waals surface area contributed by atoms with Gasteiger partial charge in [0.1, 0.15) is 0 Å². The fourth-order valence-electron chi connectivity index (χ4n) is 2.60. The molecule has 0 aliphatic heterocycles. The lowest BCUT2D eigenvalue weighted by Gasteiger charge is -2.10. The summed E-state index contributed by atoms with van der Waals surface area (Å²) in [6.07, 6.45) is 1.41. The summed E-state index contributed by atoms with van der Waals surface area (Å²) in [6, 6.07) is 15.2. The highest BCUT2D eigenvalue weighted by Crippen LogP contribution is 2.17. The SMILES string of the molecule is CC(C)NS(=O)(=O)c1ccc(C(=O)Nc2ccc(NC(=O)c3ccco3)cc2)cc1. The van der Waals surface area contributed by atoms with Gasteiger partial charge in [-0.1, -0.05) is 0 Å². The van der Waals surface area contributed by atoms with Crippen LogP contribution >= 0.6 is 0 Å². The second kappa shape index (κ2) is 8.93. The molecule has 2 aromatic carbocycles.